The zero-order chi connectivity index (χ0) is 11.4. The van der Waals surface area contributed by atoms with Gasteiger partial charge in [-0.05, 0) is 18.2 Å². The van der Waals surface area contributed by atoms with E-state index in [-0.39, 0.29) is 0 Å². The van der Waals surface area contributed by atoms with Gasteiger partial charge in [-0.3, -0.25) is 4.68 Å². The van der Waals surface area contributed by atoms with Gasteiger partial charge in [-0.15, -0.1) is 0 Å². The van der Waals surface area contributed by atoms with E-state index >= 15 is 0 Å². The lowest BCUT2D eigenvalue weighted by Crippen LogP contribution is -2.12. The first-order valence-corrected chi connectivity index (χ1v) is 5.40. The minimum absolute atomic E-state index is 0.639. The van der Waals surface area contributed by atoms with E-state index in [1.165, 1.54) is 0 Å². The molecule has 0 saturated heterocycles. The van der Waals surface area contributed by atoms with Crippen LogP contribution >= 0.6 is 11.6 Å². The van der Waals surface area contributed by atoms with Gasteiger partial charge < -0.3 is 11.1 Å². The molecule has 2 rings (SSSR count). The predicted molar refractivity (Wildman–Crippen MR) is 66.6 cm³/mol. The number of nitrogens with zero attached hydrogens (tertiary/aromatic N) is 2. The highest BCUT2D eigenvalue weighted by molar-refractivity contribution is 6.33. The van der Waals surface area contributed by atoms with Crippen molar-refractivity contribution >= 4 is 23.0 Å². The third kappa shape index (κ3) is 2.46. The Bertz CT molecular complexity index is 433. The quantitative estimate of drug-likeness (QED) is 0.801. The highest BCUT2D eigenvalue weighted by Crippen LogP contribution is 2.27. The molecule has 1 heterocycles. The second-order valence-electron chi connectivity index (χ2n) is 3.40. The average Bonchev–Trinajstić information content (AvgIpc) is 2.75. The number of nitrogens with two attached hydrogens (primary N) is 1. The number of rotatable bonds is 4. The minimum atomic E-state index is 0.639. The van der Waals surface area contributed by atoms with Crippen molar-refractivity contribution in [3.63, 3.8) is 0 Å². The van der Waals surface area contributed by atoms with Crippen LogP contribution in [0.4, 0.5) is 11.4 Å². The maximum atomic E-state index is 6.03. The number of hydrogen-bond acceptors (Lipinski definition) is 3. The largest absolute Gasteiger partial charge is 0.397 e. The molecule has 0 fully saturated rings. The van der Waals surface area contributed by atoms with Gasteiger partial charge in [0.05, 0.1) is 22.9 Å². The van der Waals surface area contributed by atoms with Crippen LogP contribution in [0, 0.1) is 0 Å². The third-order valence-corrected chi connectivity index (χ3v) is 2.56. The second kappa shape index (κ2) is 4.90. The van der Waals surface area contributed by atoms with E-state index in [2.05, 4.69) is 10.4 Å². The summed E-state index contributed by atoms with van der Waals surface area (Å²) in [5, 5.41) is 7.95. The van der Waals surface area contributed by atoms with Crippen LogP contribution in [0.2, 0.25) is 5.02 Å². The Morgan fingerprint density at radius 3 is 2.94 bits per heavy atom. The molecule has 1 aromatic carbocycles. The SMILES string of the molecule is Nc1cccc(Cl)c1NCCn1cccn1. The molecule has 0 radical (unpaired) electrons. The summed E-state index contributed by atoms with van der Waals surface area (Å²) < 4.78 is 1.85. The molecule has 0 aliphatic carbocycles. The molecule has 0 saturated carbocycles. The molecule has 5 heteroatoms. The van der Waals surface area contributed by atoms with Crippen LogP contribution in [0.15, 0.2) is 36.7 Å². The maximum absolute atomic E-state index is 6.03. The number of benzene rings is 1. The third-order valence-electron chi connectivity index (χ3n) is 2.25. The number of nitrogens with one attached hydrogen (secondary N) is 1. The minimum Gasteiger partial charge on any atom is -0.397 e. The predicted octanol–water partition coefficient (Wildman–Crippen LogP) is 2.23. The molecule has 0 spiro atoms. The summed E-state index contributed by atoms with van der Waals surface area (Å²) in [4.78, 5) is 0. The molecule has 0 atom stereocenters. The smallest absolute Gasteiger partial charge is 0.0763 e. The van der Waals surface area contributed by atoms with Gasteiger partial charge in [0.25, 0.3) is 0 Å². The molecule has 2 aromatic rings. The highest BCUT2D eigenvalue weighted by atomic mass is 35.5. The number of halogens is 1. The van der Waals surface area contributed by atoms with E-state index in [9.17, 15) is 0 Å². The molecule has 16 heavy (non-hydrogen) atoms. The number of aromatic nitrogens is 2. The average molecular weight is 237 g/mol. The summed E-state index contributed by atoms with van der Waals surface area (Å²) in [6, 6.07) is 7.36. The number of nitrogen functional groups attached to an aromatic ring is 1. The van der Waals surface area contributed by atoms with Crippen LogP contribution in [-0.4, -0.2) is 16.3 Å². The van der Waals surface area contributed by atoms with Gasteiger partial charge in [-0.25, -0.2) is 0 Å². The normalized spacial score (nSPS) is 10.3. The van der Waals surface area contributed by atoms with Crippen LogP contribution in [0.3, 0.4) is 0 Å². The maximum Gasteiger partial charge on any atom is 0.0763 e. The molecular weight excluding hydrogens is 224 g/mol. The van der Waals surface area contributed by atoms with E-state index < -0.39 is 0 Å². The lowest BCUT2D eigenvalue weighted by Gasteiger charge is -2.10. The Kier molecular flexibility index (Phi) is 3.31. The Hall–Kier alpha value is -1.68. The number of anilines is 2. The fourth-order valence-electron chi connectivity index (χ4n) is 1.46. The molecular formula is C11H13ClN4. The van der Waals surface area contributed by atoms with Crippen LogP contribution < -0.4 is 11.1 Å². The summed E-state index contributed by atoms with van der Waals surface area (Å²) >= 11 is 6.03. The molecule has 3 N–H and O–H groups in total. The van der Waals surface area contributed by atoms with Gasteiger partial charge in [0.15, 0.2) is 0 Å². The van der Waals surface area contributed by atoms with E-state index in [1.54, 1.807) is 6.20 Å². The zero-order valence-electron chi connectivity index (χ0n) is 8.73. The molecule has 0 aliphatic rings. The van der Waals surface area contributed by atoms with Crippen LogP contribution in [0.5, 0.6) is 0 Å². The second-order valence-corrected chi connectivity index (χ2v) is 3.81. The summed E-state index contributed by atoms with van der Waals surface area (Å²) in [6.07, 6.45) is 3.67. The van der Waals surface area contributed by atoms with Crippen molar-refractivity contribution in [3.8, 4) is 0 Å². The van der Waals surface area contributed by atoms with E-state index in [1.807, 2.05) is 35.1 Å². The first-order chi connectivity index (χ1) is 7.77. The monoisotopic (exact) mass is 236 g/mol. The highest BCUT2D eigenvalue weighted by Gasteiger charge is 2.02. The molecule has 0 bridgehead atoms. The van der Waals surface area contributed by atoms with Crippen molar-refractivity contribution in [2.75, 3.05) is 17.6 Å². The Morgan fingerprint density at radius 2 is 2.25 bits per heavy atom. The Balaban J connectivity index is 1.95. The molecule has 1 aromatic heterocycles. The first kappa shape index (κ1) is 10.8. The number of hydrogen-bond donors (Lipinski definition) is 2. The van der Waals surface area contributed by atoms with Crippen molar-refractivity contribution in [3.05, 3.63) is 41.7 Å². The summed E-state index contributed by atoms with van der Waals surface area (Å²) in [7, 11) is 0. The van der Waals surface area contributed by atoms with E-state index in [0.717, 1.165) is 18.8 Å². The molecule has 0 aliphatic heterocycles. The van der Waals surface area contributed by atoms with Crippen molar-refractivity contribution in [2.24, 2.45) is 0 Å². The van der Waals surface area contributed by atoms with Crippen LogP contribution in [0.1, 0.15) is 0 Å². The fourth-order valence-corrected chi connectivity index (χ4v) is 1.70. The molecule has 84 valence electrons. The van der Waals surface area contributed by atoms with Gasteiger partial charge >= 0.3 is 0 Å². The van der Waals surface area contributed by atoms with Crippen molar-refractivity contribution < 1.29 is 0 Å². The van der Waals surface area contributed by atoms with Crippen molar-refractivity contribution in [2.45, 2.75) is 6.54 Å². The lowest BCUT2D eigenvalue weighted by molar-refractivity contribution is 0.638. The van der Waals surface area contributed by atoms with E-state index in [0.29, 0.717) is 10.7 Å². The summed E-state index contributed by atoms with van der Waals surface area (Å²) in [6.45, 7) is 1.51. The Morgan fingerprint density at radius 1 is 1.38 bits per heavy atom. The van der Waals surface area contributed by atoms with Gasteiger partial charge in [0.1, 0.15) is 0 Å². The Labute approximate surface area is 99.0 Å². The topological polar surface area (TPSA) is 55.9 Å². The molecule has 0 amide bonds. The molecule has 0 unspecified atom stereocenters. The van der Waals surface area contributed by atoms with Crippen molar-refractivity contribution in [1.29, 1.82) is 0 Å². The fraction of sp³-hybridized carbons (Fsp3) is 0.182. The summed E-state index contributed by atoms with van der Waals surface area (Å²) in [5.41, 5.74) is 7.26. The van der Waals surface area contributed by atoms with Crippen molar-refractivity contribution in [1.82, 2.24) is 9.78 Å². The molecule has 4 nitrogen and oxygen atoms in total. The van der Waals surface area contributed by atoms with E-state index in [4.69, 9.17) is 17.3 Å². The van der Waals surface area contributed by atoms with Gasteiger partial charge in [-0.1, -0.05) is 17.7 Å². The summed E-state index contributed by atoms with van der Waals surface area (Å²) in [5.74, 6) is 0. The van der Waals surface area contributed by atoms with Gasteiger partial charge in [0.2, 0.25) is 0 Å². The van der Waals surface area contributed by atoms with Gasteiger partial charge in [0, 0.05) is 18.9 Å². The van der Waals surface area contributed by atoms with Crippen LogP contribution in [0.25, 0.3) is 0 Å². The number of para-hydroxylation sites is 1. The van der Waals surface area contributed by atoms with Gasteiger partial charge in [-0.2, -0.15) is 5.10 Å². The lowest BCUT2D eigenvalue weighted by atomic mass is 10.2. The zero-order valence-corrected chi connectivity index (χ0v) is 9.48. The van der Waals surface area contributed by atoms with Crippen LogP contribution in [-0.2, 0) is 6.54 Å². The standard InChI is InChI=1S/C11H13ClN4/c12-9-3-1-4-10(13)11(9)14-6-8-16-7-2-5-15-16/h1-5,7,14H,6,8,13H2. The first-order valence-electron chi connectivity index (χ1n) is 5.02.